The zero-order valence-corrected chi connectivity index (χ0v) is 12.7. The summed E-state index contributed by atoms with van der Waals surface area (Å²) in [6.45, 7) is 0.714. The molecule has 2 nitrogen and oxygen atoms in total. The molecule has 3 heteroatoms. The van der Waals surface area contributed by atoms with Gasteiger partial charge >= 0.3 is 0 Å². The van der Waals surface area contributed by atoms with E-state index in [4.69, 9.17) is 0 Å². The van der Waals surface area contributed by atoms with Gasteiger partial charge in [-0.15, -0.1) is 0 Å². The number of rotatable bonds is 4. The lowest BCUT2D eigenvalue weighted by Crippen LogP contribution is -2.32. The average Bonchev–Trinajstić information content (AvgIpc) is 3.28. The summed E-state index contributed by atoms with van der Waals surface area (Å²) < 4.78 is 0.983. The molecule has 1 aliphatic carbocycles. The van der Waals surface area contributed by atoms with E-state index in [2.05, 4.69) is 45.5 Å². The van der Waals surface area contributed by atoms with Gasteiger partial charge in [0, 0.05) is 22.0 Å². The monoisotopic (exact) mass is 329 g/mol. The van der Waals surface area contributed by atoms with Crippen LogP contribution in [0.5, 0.6) is 0 Å². The van der Waals surface area contributed by atoms with E-state index >= 15 is 0 Å². The van der Waals surface area contributed by atoms with Gasteiger partial charge < -0.3 is 5.32 Å². The molecule has 0 bridgehead atoms. The molecule has 0 heterocycles. The Morgan fingerprint density at radius 1 is 1.05 bits per heavy atom. The second-order valence-corrected chi connectivity index (χ2v) is 6.25. The van der Waals surface area contributed by atoms with Crippen LogP contribution in [0.2, 0.25) is 0 Å². The van der Waals surface area contributed by atoms with Crippen molar-refractivity contribution in [2.24, 2.45) is 0 Å². The van der Waals surface area contributed by atoms with Crippen LogP contribution in [0.25, 0.3) is 0 Å². The largest absolute Gasteiger partial charge is 0.351 e. The molecule has 0 atom stereocenters. The summed E-state index contributed by atoms with van der Waals surface area (Å²) in [4.78, 5) is 12.1. The van der Waals surface area contributed by atoms with Crippen molar-refractivity contribution >= 4 is 21.8 Å². The van der Waals surface area contributed by atoms with Crippen LogP contribution < -0.4 is 5.32 Å². The molecule has 20 heavy (non-hydrogen) atoms. The molecule has 0 aliphatic heterocycles. The first-order valence-corrected chi connectivity index (χ1v) is 7.58. The summed E-state index contributed by atoms with van der Waals surface area (Å²) in [7, 11) is 0. The molecule has 0 radical (unpaired) electrons. The van der Waals surface area contributed by atoms with Crippen LogP contribution in [-0.4, -0.2) is 12.5 Å². The van der Waals surface area contributed by atoms with Gasteiger partial charge in [0.05, 0.1) is 0 Å². The molecule has 1 saturated carbocycles. The van der Waals surface area contributed by atoms with Crippen molar-refractivity contribution < 1.29 is 4.79 Å². The first kappa shape index (κ1) is 13.4. The van der Waals surface area contributed by atoms with Crippen molar-refractivity contribution in [3.63, 3.8) is 0 Å². The van der Waals surface area contributed by atoms with E-state index < -0.39 is 0 Å². The van der Waals surface area contributed by atoms with Crippen LogP contribution in [0, 0.1) is 0 Å². The third-order valence-electron chi connectivity index (χ3n) is 3.93. The van der Waals surface area contributed by atoms with Crippen LogP contribution in [0.3, 0.4) is 0 Å². The molecule has 2 aromatic rings. The van der Waals surface area contributed by atoms with Gasteiger partial charge in [0.2, 0.25) is 0 Å². The van der Waals surface area contributed by atoms with Crippen molar-refractivity contribution in [1.82, 2.24) is 5.32 Å². The fourth-order valence-corrected chi connectivity index (χ4v) is 2.73. The van der Waals surface area contributed by atoms with E-state index in [1.807, 2.05) is 30.3 Å². The maximum absolute atomic E-state index is 12.1. The van der Waals surface area contributed by atoms with Gasteiger partial charge in [0.1, 0.15) is 0 Å². The maximum Gasteiger partial charge on any atom is 0.251 e. The van der Waals surface area contributed by atoms with E-state index in [9.17, 15) is 4.79 Å². The SMILES string of the molecule is O=C(NCC1(c2ccccc2)CC1)c1ccc(Br)cc1. The molecule has 1 amide bonds. The molecule has 0 aromatic heterocycles. The molecular weight excluding hydrogens is 314 g/mol. The molecule has 102 valence electrons. The molecular formula is C17H16BrNO. The van der Waals surface area contributed by atoms with Gasteiger partial charge in [-0.1, -0.05) is 46.3 Å². The summed E-state index contributed by atoms with van der Waals surface area (Å²) >= 11 is 3.37. The zero-order chi connectivity index (χ0) is 14.0. The van der Waals surface area contributed by atoms with Gasteiger partial charge in [-0.2, -0.15) is 0 Å². The molecule has 0 saturated heterocycles. The standard InChI is InChI=1S/C17H16BrNO/c18-15-8-6-13(7-9-15)16(20)19-12-17(10-11-17)14-4-2-1-3-5-14/h1-9H,10-12H2,(H,19,20). The zero-order valence-electron chi connectivity index (χ0n) is 11.1. The second-order valence-electron chi connectivity index (χ2n) is 5.34. The Morgan fingerprint density at radius 3 is 2.30 bits per heavy atom. The number of hydrogen-bond donors (Lipinski definition) is 1. The summed E-state index contributed by atoms with van der Waals surface area (Å²) in [5.41, 5.74) is 2.19. The van der Waals surface area contributed by atoms with Crippen molar-refractivity contribution in [2.45, 2.75) is 18.3 Å². The fraction of sp³-hybridized carbons (Fsp3) is 0.235. The summed E-state index contributed by atoms with van der Waals surface area (Å²) in [5.74, 6) is -0.000272. The molecule has 0 unspecified atom stereocenters. The molecule has 1 aliphatic rings. The van der Waals surface area contributed by atoms with Crippen LogP contribution in [0.1, 0.15) is 28.8 Å². The van der Waals surface area contributed by atoms with Gasteiger partial charge in [-0.05, 0) is 42.7 Å². The maximum atomic E-state index is 12.1. The quantitative estimate of drug-likeness (QED) is 0.905. The number of carbonyl (C=O) groups is 1. The Labute approximate surface area is 127 Å². The Kier molecular flexibility index (Phi) is 3.62. The molecule has 1 fully saturated rings. The Balaban J connectivity index is 1.65. The van der Waals surface area contributed by atoms with Crippen molar-refractivity contribution in [1.29, 1.82) is 0 Å². The van der Waals surface area contributed by atoms with E-state index in [1.54, 1.807) is 0 Å². The smallest absolute Gasteiger partial charge is 0.251 e. The average molecular weight is 330 g/mol. The highest BCUT2D eigenvalue weighted by Crippen LogP contribution is 2.47. The van der Waals surface area contributed by atoms with Crippen LogP contribution in [0.15, 0.2) is 59.1 Å². The highest BCUT2D eigenvalue weighted by atomic mass is 79.9. The summed E-state index contributed by atoms with van der Waals surface area (Å²) in [6, 6.07) is 17.9. The number of carbonyl (C=O) groups excluding carboxylic acids is 1. The number of nitrogens with one attached hydrogen (secondary N) is 1. The second kappa shape index (κ2) is 5.41. The Morgan fingerprint density at radius 2 is 1.70 bits per heavy atom. The third-order valence-corrected chi connectivity index (χ3v) is 4.46. The predicted molar refractivity (Wildman–Crippen MR) is 83.8 cm³/mol. The first-order valence-electron chi connectivity index (χ1n) is 6.79. The number of benzene rings is 2. The highest BCUT2D eigenvalue weighted by Gasteiger charge is 2.44. The molecule has 1 N–H and O–H groups in total. The van der Waals surface area contributed by atoms with Crippen LogP contribution in [-0.2, 0) is 5.41 Å². The van der Waals surface area contributed by atoms with Crippen molar-refractivity contribution in [2.75, 3.05) is 6.54 Å². The number of halogens is 1. The van der Waals surface area contributed by atoms with E-state index in [1.165, 1.54) is 5.56 Å². The minimum absolute atomic E-state index is 0.000272. The molecule has 2 aromatic carbocycles. The van der Waals surface area contributed by atoms with E-state index in [0.29, 0.717) is 12.1 Å². The Bertz CT molecular complexity index is 603. The minimum atomic E-state index is -0.000272. The van der Waals surface area contributed by atoms with Crippen molar-refractivity contribution in [3.05, 3.63) is 70.2 Å². The summed E-state index contributed by atoms with van der Waals surface area (Å²) in [5, 5.41) is 3.07. The topological polar surface area (TPSA) is 29.1 Å². The highest BCUT2D eigenvalue weighted by molar-refractivity contribution is 9.10. The predicted octanol–water partition coefficient (Wildman–Crippen LogP) is 3.91. The van der Waals surface area contributed by atoms with Gasteiger partial charge in [-0.3, -0.25) is 4.79 Å². The van der Waals surface area contributed by atoms with Crippen LogP contribution in [0.4, 0.5) is 0 Å². The minimum Gasteiger partial charge on any atom is -0.351 e. The van der Waals surface area contributed by atoms with Gasteiger partial charge in [0.15, 0.2) is 0 Å². The number of hydrogen-bond acceptors (Lipinski definition) is 1. The lowest BCUT2D eigenvalue weighted by molar-refractivity contribution is 0.0949. The lowest BCUT2D eigenvalue weighted by atomic mass is 9.96. The fourth-order valence-electron chi connectivity index (χ4n) is 2.46. The van der Waals surface area contributed by atoms with E-state index in [-0.39, 0.29) is 11.3 Å². The molecule has 0 spiro atoms. The van der Waals surface area contributed by atoms with E-state index in [0.717, 1.165) is 17.3 Å². The molecule has 3 rings (SSSR count). The Hall–Kier alpha value is -1.61. The first-order chi connectivity index (χ1) is 9.70. The lowest BCUT2D eigenvalue weighted by Gasteiger charge is -2.16. The van der Waals surface area contributed by atoms with Crippen LogP contribution >= 0.6 is 15.9 Å². The van der Waals surface area contributed by atoms with Crippen molar-refractivity contribution in [3.8, 4) is 0 Å². The van der Waals surface area contributed by atoms with Gasteiger partial charge in [-0.25, -0.2) is 0 Å². The number of amides is 1. The normalized spacial score (nSPS) is 15.7. The van der Waals surface area contributed by atoms with Gasteiger partial charge in [0.25, 0.3) is 5.91 Å². The third kappa shape index (κ3) is 2.78. The summed E-state index contributed by atoms with van der Waals surface area (Å²) in [6.07, 6.45) is 2.30.